The second-order valence-corrected chi connectivity index (χ2v) is 5.87. The number of rotatable bonds is 7. The van der Waals surface area contributed by atoms with Crippen LogP contribution in [0.5, 0.6) is 0 Å². The molecule has 0 aliphatic heterocycles. The Morgan fingerprint density at radius 1 is 1.24 bits per heavy atom. The fourth-order valence-electron chi connectivity index (χ4n) is 2.78. The first-order chi connectivity index (χ1) is 8.06. The van der Waals surface area contributed by atoms with Gasteiger partial charge >= 0.3 is 0 Å². The second kappa shape index (κ2) is 6.23. The van der Waals surface area contributed by atoms with E-state index >= 15 is 0 Å². The third kappa shape index (κ3) is 3.59. The van der Waals surface area contributed by atoms with E-state index in [1.807, 2.05) is 6.08 Å². The quantitative estimate of drug-likeness (QED) is 0.506. The van der Waals surface area contributed by atoms with Gasteiger partial charge in [-0.3, -0.25) is 0 Å². The average Bonchev–Trinajstić information content (AvgIpc) is 3.08. The predicted molar refractivity (Wildman–Crippen MR) is 78.0 cm³/mol. The van der Waals surface area contributed by atoms with Crippen molar-refractivity contribution in [1.29, 1.82) is 0 Å². The molecule has 0 aromatic carbocycles. The largest absolute Gasteiger partial charge is 0.0991 e. The van der Waals surface area contributed by atoms with E-state index in [-0.39, 0.29) is 0 Å². The highest BCUT2D eigenvalue weighted by Gasteiger charge is 2.48. The molecule has 1 rings (SSSR count). The topological polar surface area (TPSA) is 0 Å². The van der Waals surface area contributed by atoms with Crippen LogP contribution in [-0.2, 0) is 0 Å². The van der Waals surface area contributed by atoms with Gasteiger partial charge in [-0.1, -0.05) is 58.1 Å². The fraction of sp³-hybridized carbons (Fsp3) is 0.647. The molecule has 1 aliphatic rings. The van der Waals surface area contributed by atoms with Crippen LogP contribution in [-0.4, -0.2) is 0 Å². The summed E-state index contributed by atoms with van der Waals surface area (Å²) >= 11 is 0. The summed E-state index contributed by atoms with van der Waals surface area (Å²) in [5.74, 6) is 1.64. The summed E-state index contributed by atoms with van der Waals surface area (Å²) in [6, 6.07) is 0. The Bertz CT molecular complexity index is 300. The molecule has 0 radical (unpaired) electrons. The smallest absolute Gasteiger partial charge is 0.00240 e. The fourth-order valence-corrected chi connectivity index (χ4v) is 2.78. The van der Waals surface area contributed by atoms with Crippen LogP contribution in [0.2, 0.25) is 0 Å². The standard InChI is InChI=1S/C17H28/c1-6-8-9-16(7-2)17(12-13-17)15(5)11-10-14(3)4/h6-9,14-15H,1,10-13H2,2-5H3/b9-8-,16-7+. The molecule has 0 aromatic rings. The van der Waals surface area contributed by atoms with Crippen molar-refractivity contribution in [2.24, 2.45) is 17.3 Å². The summed E-state index contributed by atoms with van der Waals surface area (Å²) in [6.45, 7) is 13.0. The van der Waals surface area contributed by atoms with Gasteiger partial charge in [0, 0.05) is 0 Å². The van der Waals surface area contributed by atoms with E-state index < -0.39 is 0 Å². The molecular weight excluding hydrogens is 204 g/mol. The van der Waals surface area contributed by atoms with Crippen molar-refractivity contribution < 1.29 is 0 Å². The Labute approximate surface area is 108 Å². The van der Waals surface area contributed by atoms with Crippen LogP contribution in [0.1, 0.15) is 53.4 Å². The third-order valence-electron chi connectivity index (χ3n) is 4.21. The zero-order valence-electron chi connectivity index (χ0n) is 12.0. The zero-order valence-corrected chi connectivity index (χ0v) is 12.0. The minimum atomic E-state index is 0.489. The van der Waals surface area contributed by atoms with Gasteiger partial charge in [0.05, 0.1) is 0 Å². The first-order valence-electron chi connectivity index (χ1n) is 7.02. The Morgan fingerprint density at radius 2 is 1.88 bits per heavy atom. The minimum Gasteiger partial charge on any atom is -0.0991 e. The van der Waals surface area contributed by atoms with Gasteiger partial charge in [0.1, 0.15) is 0 Å². The summed E-state index contributed by atoms with van der Waals surface area (Å²) in [5, 5.41) is 0. The molecule has 96 valence electrons. The van der Waals surface area contributed by atoms with Crippen LogP contribution < -0.4 is 0 Å². The van der Waals surface area contributed by atoms with Crippen molar-refractivity contribution in [1.82, 2.24) is 0 Å². The molecule has 0 N–H and O–H groups in total. The highest BCUT2D eigenvalue weighted by molar-refractivity contribution is 5.33. The normalized spacial score (nSPS) is 20.9. The number of allylic oxidation sites excluding steroid dienone is 5. The maximum atomic E-state index is 3.76. The van der Waals surface area contributed by atoms with Gasteiger partial charge in [0.2, 0.25) is 0 Å². The maximum absolute atomic E-state index is 3.76. The first kappa shape index (κ1) is 14.3. The summed E-state index contributed by atoms with van der Waals surface area (Å²) < 4.78 is 0. The SMILES string of the molecule is C=C/C=C\C(=C/C)C1(C(C)CCC(C)C)CC1. The van der Waals surface area contributed by atoms with Gasteiger partial charge in [0.25, 0.3) is 0 Å². The molecule has 0 nitrogen and oxygen atoms in total. The van der Waals surface area contributed by atoms with Crippen LogP contribution in [0.3, 0.4) is 0 Å². The van der Waals surface area contributed by atoms with Crippen molar-refractivity contribution in [3.63, 3.8) is 0 Å². The van der Waals surface area contributed by atoms with Crippen molar-refractivity contribution in [2.45, 2.75) is 53.4 Å². The number of hydrogen-bond acceptors (Lipinski definition) is 0. The third-order valence-corrected chi connectivity index (χ3v) is 4.21. The molecule has 0 spiro atoms. The van der Waals surface area contributed by atoms with Gasteiger partial charge in [-0.15, -0.1) is 0 Å². The highest BCUT2D eigenvalue weighted by Crippen LogP contribution is 2.59. The van der Waals surface area contributed by atoms with Gasteiger partial charge in [0.15, 0.2) is 0 Å². The Balaban J connectivity index is 2.66. The average molecular weight is 232 g/mol. The molecule has 0 heterocycles. The van der Waals surface area contributed by atoms with Crippen LogP contribution >= 0.6 is 0 Å². The van der Waals surface area contributed by atoms with E-state index in [2.05, 4.69) is 52.5 Å². The van der Waals surface area contributed by atoms with E-state index in [4.69, 9.17) is 0 Å². The molecule has 0 saturated heterocycles. The molecule has 1 aliphatic carbocycles. The van der Waals surface area contributed by atoms with Crippen LogP contribution in [0.15, 0.2) is 36.5 Å². The summed E-state index contributed by atoms with van der Waals surface area (Å²) in [4.78, 5) is 0. The van der Waals surface area contributed by atoms with Crippen LogP contribution in [0, 0.1) is 17.3 Å². The zero-order chi connectivity index (χ0) is 12.9. The summed E-state index contributed by atoms with van der Waals surface area (Å²) in [7, 11) is 0. The lowest BCUT2D eigenvalue weighted by atomic mass is 9.79. The number of hydrogen-bond donors (Lipinski definition) is 0. The van der Waals surface area contributed by atoms with E-state index in [1.165, 1.54) is 31.3 Å². The van der Waals surface area contributed by atoms with Crippen molar-refractivity contribution >= 4 is 0 Å². The van der Waals surface area contributed by atoms with Gasteiger partial charge < -0.3 is 0 Å². The van der Waals surface area contributed by atoms with Gasteiger partial charge in [-0.2, -0.15) is 0 Å². The lowest BCUT2D eigenvalue weighted by Crippen LogP contribution is -2.15. The summed E-state index contributed by atoms with van der Waals surface area (Å²) in [6.07, 6.45) is 13.9. The molecule has 1 fully saturated rings. The Morgan fingerprint density at radius 3 is 2.29 bits per heavy atom. The predicted octanol–water partition coefficient (Wildman–Crippen LogP) is 5.53. The van der Waals surface area contributed by atoms with Gasteiger partial charge in [-0.25, -0.2) is 0 Å². The van der Waals surface area contributed by atoms with Crippen molar-refractivity contribution in [3.8, 4) is 0 Å². The van der Waals surface area contributed by atoms with Gasteiger partial charge in [-0.05, 0) is 49.0 Å². The molecule has 0 aromatic heterocycles. The molecule has 0 amide bonds. The molecular formula is C17H28. The van der Waals surface area contributed by atoms with E-state index in [0.717, 1.165) is 11.8 Å². The second-order valence-electron chi connectivity index (χ2n) is 5.87. The lowest BCUT2D eigenvalue weighted by molar-refractivity contribution is 0.339. The molecule has 0 bridgehead atoms. The van der Waals surface area contributed by atoms with E-state index in [1.54, 1.807) is 0 Å². The van der Waals surface area contributed by atoms with E-state index in [0.29, 0.717) is 5.41 Å². The van der Waals surface area contributed by atoms with Crippen molar-refractivity contribution in [2.75, 3.05) is 0 Å². The Kier molecular flexibility index (Phi) is 5.24. The minimum absolute atomic E-state index is 0.489. The summed E-state index contributed by atoms with van der Waals surface area (Å²) in [5.41, 5.74) is 2.01. The van der Waals surface area contributed by atoms with Crippen LogP contribution in [0.4, 0.5) is 0 Å². The first-order valence-corrected chi connectivity index (χ1v) is 7.02. The molecule has 17 heavy (non-hydrogen) atoms. The maximum Gasteiger partial charge on any atom is -0.00240 e. The molecule has 1 atom stereocenters. The molecule has 0 heteroatoms. The molecule has 1 unspecified atom stereocenters. The monoisotopic (exact) mass is 232 g/mol. The van der Waals surface area contributed by atoms with Crippen LogP contribution in [0.25, 0.3) is 0 Å². The highest BCUT2D eigenvalue weighted by atomic mass is 14.5. The molecule has 1 saturated carbocycles. The van der Waals surface area contributed by atoms with E-state index in [9.17, 15) is 0 Å². The Hall–Kier alpha value is -0.780. The lowest BCUT2D eigenvalue weighted by Gasteiger charge is -2.25. The van der Waals surface area contributed by atoms with Crippen molar-refractivity contribution in [3.05, 3.63) is 36.5 Å².